The second-order valence-electron chi connectivity index (χ2n) is 7.70. The maximum atomic E-state index is 12.6. The Kier molecular flexibility index (Phi) is 7.43. The van der Waals surface area contributed by atoms with E-state index in [0.29, 0.717) is 17.8 Å². The summed E-state index contributed by atoms with van der Waals surface area (Å²) in [5, 5.41) is 4.76. The smallest absolute Gasteiger partial charge is 0.270 e. The van der Waals surface area contributed by atoms with Crippen LogP contribution in [0.4, 0.5) is 5.69 Å². The number of H-pyrrole nitrogens is 1. The molecule has 1 unspecified atom stereocenters. The molecule has 2 N–H and O–H groups in total. The number of aromatic amines is 1. The molecule has 27 heavy (non-hydrogen) atoms. The van der Waals surface area contributed by atoms with Crippen molar-refractivity contribution in [3.05, 3.63) is 30.0 Å². The van der Waals surface area contributed by atoms with Gasteiger partial charge < -0.3 is 15.2 Å². The lowest BCUT2D eigenvalue weighted by molar-refractivity contribution is 0.0788. The molecule has 2 aliphatic heterocycles. The molecule has 7 heteroatoms. The van der Waals surface area contributed by atoms with Crippen LogP contribution in [-0.4, -0.2) is 59.0 Å². The first-order valence-corrected chi connectivity index (χ1v) is 9.53. The molecule has 0 radical (unpaired) electrons. The van der Waals surface area contributed by atoms with Gasteiger partial charge in [0.05, 0.1) is 0 Å². The molecule has 0 aliphatic carbocycles. The van der Waals surface area contributed by atoms with Gasteiger partial charge in [-0.1, -0.05) is 0 Å². The largest absolute Gasteiger partial charge is 0.381 e. The number of halogens is 2. The Hall–Kier alpha value is -1.43. The third-order valence-electron chi connectivity index (χ3n) is 5.57. The summed E-state index contributed by atoms with van der Waals surface area (Å²) in [5.74, 6) is 0.131. The summed E-state index contributed by atoms with van der Waals surface area (Å²) in [6.07, 6.45) is 3.42. The van der Waals surface area contributed by atoms with Gasteiger partial charge in [0.15, 0.2) is 0 Å². The van der Waals surface area contributed by atoms with Crippen molar-refractivity contribution in [1.82, 2.24) is 14.8 Å². The fourth-order valence-electron chi connectivity index (χ4n) is 4.04. The molecular formula is C20H30Cl2N4O. The summed E-state index contributed by atoms with van der Waals surface area (Å²) in [4.78, 5) is 20.3. The number of aromatic nitrogens is 1. The van der Waals surface area contributed by atoms with Crippen molar-refractivity contribution in [2.45, 2.75) is 45.2 Å². The number of benzene rings is 1. The monoisotopic (exact) mass is 412 g/mol. The highest BCUT2D eigenvalue weighted by atomic mass is 35.5. The van der Waals surface area contributed by atoms with Gasteiger partial charge in [-0.05, 0) is 57.4 Å². The van der Waals surface area contributed by atoms with Gasteiger partial charge in [0, 0.05) is 54.9 Å². The third kappa shape index (κ3) is 4.71. The predicted molar refractivity (Wildman–Crippen MR) is 117 cm³/mol. The number of fused-ring (bicyclic) bond motifs is 1. The van der Waals surface area contributed by atoms with Crippen LogP contribution in [0.1, 0.15) is 43.6 Å². The summed E-state index contributed by atoms with van der Waals surface area (Å²) >= 11 is 0. The van der Waals surface area contributed by atoms with Crippen LogP contribution in [0.25, 0.3) is 10.9 Å². The normalized spacial score (nSPS) is 20.0. The Morgan fingerprint density at radius 3 is 2.56 bits per heavy atom. The van der Waals surface area contributed by atoms with Crippen LogP contribution in [-0.2, 0) is 0 Å². The molecule has 1 amide bonds. The van der Waals surface area contributed by atoms with Crippen LogP contribution >= 0.6 is 24.8 Å². The van der Waals surface area contributed by atoms with Crippen molar-refractivity contribution < 1.29 is 4.79 Å². The van der Waals surface area contributed by atoms with E-state index in [1.807, 2.05) is 11.0 Å². The van der Waals surface area contributed by atoms with E-state index in [0.717, 1.165) is 55.6 Å². The third-order valence-corrected chi connectivity index (χ3v) is 5.57. The number of carbonyl (C=O) groups is 1. The van der Waals surface area contributed by atoms with Crippen LogP contribution in [0.3, 0.4) is 0 Å². The highest BCUT2D eigenvalue weighted by molar-refractivity contribution is 5.98. The van der Waals surface area contributed by atoms with Gasteiger partial charge in [0.25, 0.3) is 5.91 Å². The van der Waals surface area contributed by atoms with E-state index in [1.54, 1.807) is 0 Å². The molecule has 1 aromatic carbocycles. The van der Waals surface area contributed by atoms with Crippen molar-refractivity contribution in [2.75, 3.05) is 31.5 Å². The number of anilines is 1. The number of likely N-dealkylation sites (tertiary alicyclic amines) is 2. The van der Waals surface area contributed by atoms with Gasteiger partial charge >= 0.3 is 0 Å². The lowest BCUT2D eigenvalue weighted by Crippen LogP contribution is -2.31. The van der Waals surface area contributed by atoms with E-state index < -0.39 is 0 Å². The fourth-order valence-corrected chi connectivity index (χ4v) is 4.04. The van der Waals surface area contributed by atoms with Gasteiger partial charge in [-0.15, -0.1) is 24.8 Å². The Morgan fingerprint density at radius 2 is 1.89 bits per heavy atom. The summed E-state index contributed by atoms with van der Waals surface area (Å²) < 4.78 is 0. The van der Waals surface area contributed by atoms with Gasteiger partial charge in [-0.2, -0.15) is 0 Å². The van der Waals surface area contributed by atoms with E-state index in [2.05, 4.69) is 47.2 Å². The lowest BCUT2D eigenvalue weighted by atomic mass is 10.2. The number of nitrogens with zero attached hydrogens (tertiary/aromatic N) is 2. The summed E-state index contributed by atoms with van der Waals surface area (Å²) in [6.45, 7) is 8.54. The van der Waals surface area contributed by atoms with E-state index in [-0.39, 0.29) is 30.7 Å². The second kappa shape index (κ2) is 9.18. The maximum absolute atomic E-state index is 12.6. The number of rotatable bonds is 4. The van der Waals surface area contributed by atoms with Gasteiger partial charge in [0.1, 0.15) is 5.69 Å². The molecule has 1 atom stereocenters. The van der Waals surface area contributed by atoms with Crippen LogP contribution in [0.2, 0.25) is 0 Å². The molecule has 4 rings (SSSR count). The zero-order chi connectivity index (χ0) is 17.4. The molecule has 3 heterocycles. The first-order valence-electron chi connectivity index (χ1n) is 9.53. The minimum absolute atomic E-state index is 0. The Morgan fingerprint density at radius 1 is 1.15 bits per heavy atom. The van der Waals surface area contributed by atoms with Crippen LogP contribution in [0, 0.1) is 0 Å². The quantitative estimate of drug-likeness (QED) is 0.792. The average molecular weight is 413 g/mol. The zero-order valence-electron chi connectivity index (χ0n) is 16.0. The van der Waals surface area contributed by atoms with Gasteiger partial charge in [-0.3, -0.25) is 9.69 Å². The summed E-state index contributed by atoms with van der Waals surface area (Å²) in [6, 6.07) is 9.46. The van der Waals surface area contributed by atoms with Crippen molar-refractivity contribution in [2.24, 2.45) is 0 Å². The Balaban J connectivity index is 0.00000131. The molecule has 2 fully saturated rings. The van der Waals surface area contributed by atoms with Crippen molar-refractivity contribution in [3.63, 3.8) is 0 Å². The Bertz CT molecular complexity index is 770. The van der Waals surface area contributed by atoms with E-state index >= 15 is 0 Å². The van der Waals surface area contributed by atoms with E-state index in [4.69, 9.17) is 0 Å². The molecule has 1 aromatic heterocycles. The fraction of sp³-hybridized carbons (Fsp3) is 0.550. The molecule has 5 nitrogen and oxygen atoms in total. The first kappa shape index (κ1) is 21.9. The highest BCUT2D eigenvalue weighted by Gasteiger charge is 2.24. The number of nitrogens with one attached hydrogen (secondary N) is 2. The van der Waals surface area contributed by atoms with Crippen molar-refractivity contribution >= 4 is 47.3 Å². The van der Waals surface area contributed by atoms with Crippen molar-refractivity contribution in [1.29, 1.82) is 0 Å². The number of hydrogen-bond donors (Lipinski definition) is 2. The first-order chi connectivity index (χ1) is 12.1. The minimum atomic E-state index is 0. The second-order valence-corrected chi connectivity index (χ2v) is 7.70. The Labute approximate surface area is 173 Å². The topological polar surface area (TPSA) is 51.4 Å². The number of amides is 1. The molecule has 150 valence electrons. The van der Waals surface area contributed by atoms with E-state index in [1.165, 1.54) is 6.42 Å². The average Bonchev–Trinajstić information content (AvgIpc) is 3.34. The van der Waals surface area contributed by atoms with Crippen LogP contribution in [0.15, 0.2) is 24.3 Å². The maximum Gasteiger partial charge on any atom is 0.270 e. The zero-order valence-corrected chi connectivity index (χ0v) is 17.7. The van der Waals surface area contributed by atoms with Gasteiger partial charge in [-0.25, -0.2) is 0 Å². The highest BCUT2D eigenvalue weighted by Crippen LogP contribution is 2.24. The van der Waals surface area contributed by atoms with Gasteiger partial charge in [0.2, 0.25) is 0 Å². The lowest BCUT2D eigenvalue weighted by Gasteiger charge is -2.20. The molecular weight excluding hydrogens is 383 g/mol. The predicted octanol–water partition coefficient (Wildman–Crippen LogP) is 4.14. The molecule has 2 aromatic rings. The molecule has 0 spiro atoms. The summed E-state index contributed by atoms with van der Waals surface area (Å²) in [7, 11) is 0. The molecule has 0 bridgehead atoms. The molecule has 0 saturated carbocycles. The van der Waals surface area contributed by atoms with Crippen molar-refractivity contribution in [3.8, 4) is 0 Å². The van der Waals surface area contributed by atoms with Crippen LogP contribution in [0.5, 0.6) is 0 Å². The minimum Gasteiger partial charge on any atom is -0.381 e. The molecule has 2 saturated heterocycles. The standard InChI is InChI=1S/C20H28N4O.2ClH/c1-14(2)24-10-7-17(13-24)21-16-5-6-18-15(11-16)12-19(22-18)20(25)23-8-3-4-9-23;;/h5-6,11-12,14,17,21-22H,3-4,7-10,13H2,1-2H3;2*1H. The number of carbonyl (C=O) groups excluding carboxylic acids is 1. The molecule has 2 aliphatic rings. The van der Waals surface area contributed by atoms with E-state index in [9.17, 15) is 4.79 Å². The SMILES string of the molecule is CC(C)N1CCC(Nc2ccc3[nH]c(C(=O)N4CCCC4)cc3c2)C1.Cl.Cl. The summed E-state index contributed by atoms with van der Waals surface area (Å²) in [5.41, 5.74) is 2.88. The number of hydrogen-bond acceptors (Lipinski definition) is 3. The van der Waals surface area contributed by atoms with Crippen LogP contribution < -0.4 is 5.32 Å².